The average Bonchev–Trinajstić information content (AvgIpc) is 3.33. The Morgan fingerprint density at radius 3 is 2.77 bits per heavy atom. The number of nitrogens with one attached hydrogen (secondary N) is 1. The van der Waals surface area contributed by atoms with E-state index in [4.69, 9.17) is 9.47 Å². The molecular weight excluding hydrogens is 388 g/mol. The largest absolute Gasteiger partial charge is 0.381 e. The van der Waals surface area contributed by atoms with Gasteiger partial charge in [-0.25, -0.2) is 0 Å². The van der Waals surface area contributed by atoms with Crippen LogP contribution in [0.5, 0.6) is 0 Å². The molecule has 6 heteroatoms. The smallest absolute Gasteiger partial charge is 0.193 e. The Bertz CT molecular complexity index is 837. The molecule has 0 spiro atoms. The summed E-state index contributed by atoms with van der Waals surface area (Å²) in [6.45, 7) is 9.37. The van der Waals surface area contributed by atoms with Crippen LogP contribution >= 0.6 is 0 Å². The lowest BCUT2D eigenvalue weighted by atomic mass is 10.0. The van der Waals surface area contributed by atoms with E-state index in [1.807, 2.05) is 7.05 Å². The fourth-order valence-corrected chi connectivity index (χ4v) is 4.46. The van der Waals surface area contributed by atoms with Crippen LogP contribution in [0.1, 0.15) is 18.4 Å². The highest BCUT2D eigenvalue weighted by Gasteiger charge is 2.20. The standard InChI is InChI=1S/C25H36N4O2/c1-26-25(27-11-5-16-30-19-21-10-17-31-20-21)29-14-12-28(13-15-29)18-23-8-4-7-22-6-2-3-9-24(22)23/h2-4,6-9,21H,5,10-20H2,1H3,(H,26,27). The molecule has 2 aliphatic rings. The van der Waals surface area contributed by atoms with Gasteiger partial charge >= 0.3 is 0 Å². The van der Waals surface area contributed by atoms with E-state index in [0.29, 0.717) is 5.92 Å². The van der Waals surface area contributed by atoms with Crippen molar-refractivity contribution in [1.82, 2.24) is 15.1 Å². The fraction of sp³-hybridized carbons (Fsp3) is 0.560. The van der Waals surface area contributed by atoms with Crippen molar-refractivity contribution in [2.45, 2.75) is 19.4 Å². The molecule has 1 unspecified atom stereocenters. The fourth-order valence-electron chi connectivity index (χ4n) is 4.46. The number of ether oxygens (including phenoxy) is 2. The lowest BCUT2D eigenvalue weighted by Crippen LogP contribution is -2.52. The molecule has 2 aromatic carbocycles. The SMILES string of the molecule is CN=C(NCCCOCC1CCOC1)N1CCN(Cc2cccc3ccccc23)CC1. The zero-order valence-corrected chi connectivity index (χ0v) is 18.8. The molecule has 6 nitrogen and oxygen atoms in total. The van der Waals surface area contributed by atoms with E-state index in [2.05, 4.69) is 62.6 Å². The Hall–Kier alpha value is -2.15. The van der Waals surface area contributed by atoms with E-state index in [9.17, 15) is 0 Å². The summed E-state index contributed by atoms with van der Waals surface area (Å²) in [4.78, 5) is 9.42. The molecule has 2 aromatic rings. The van der Waals surface area contributed by atoms with Crippen LogP contribution in [0.4, 0.5) is 0 Å². The van der Waals surface area contributed by atoms with Gasteiger partial charge in [-0.2, -0.15) is 0 Å². The summed E-state index contributed by atoms with van der Waals surface area (Å²) >= 11 is 0. The summed E-state index contributed by atoms with van der Waals surface area (Å²) in [5, 5.41) is 6.20. The molecule has 2 saturated heterocycles. The summed E-state index contributed by atoms with van der Waals surface area (Å²) in [7, 11) is 1.88. The highest BCUT2D eigenvalue weighted by atomic mass is 16.5. The molecular formula is C25H36N4O2. The Morgan fingerprint density at radius 2 is 1.97 bits per heavy atom. The second-order valence-corrected chi connectivity index (χ2v) is 8.53. The summed E-state index contributed by atoms with van der Waals surface area (Å²) < 4.78 is 11.2. The van der Waals surface area contributed by atoms with Gasteiger partial charge in [0.25, 0.3) is 0 Å². The first-order valence-corrected chi connectivity index (χ1v) is 11.6. The minimum atomic E-state index is 0.589. The molecule has 0 radical (unpaired) electrons. The van der Waals surface area contributed by atoms with Gasteiger partial charge in [-0.3, -0.25) is 9.89 Å². The van der Waals surface area contributed by atoms with Crippen molar-refractivity contribution in [1.29, 1.82) is 0 Å². The third-order valence-electron chi connectivity index (χ3n) is 6.28. The maximum Gasteiger partial charge on any atom is 0.193 e. The van der Waals surface area contributed by atoms with Crippen LogP contribution in [0.25, 0.3) is 10.8 Å². The minimum absolute atomic E-state index is 0.589. The van der Waals surface area contributed by atoms with Gasteiger partial charge < -0.3 is 19.7 Å². The Labute approximate surface area is 186 Å². The van der Waals surface area contributed by atoms with Crippen molar-refractivity contribution in [3.05, 3.63) is 48.0 Å². The first kappa shape index (κ1) is 22.1. The minimum Gasteiger partial charge on any atom is -0.381 e. The van der Waals surface area contributed by atoms with E-state index in [-0.39, 0.29) is 0 Å². The van der Waals surface area contributed by atoms with Gasteiger partial charge in [0.05, 0.1) is 13.2 Å². The highest BCUT2D eigenvalue weighted by Crippen LogP contribution is 2.20. The van der Waals surface area contributed by atoms with Crippen molar-refractivity contribution in [3.63, 3.8) is 0 Å². The van der Waals surface area contributed by atoms with Gasteiger partial charge in [-0.15, -0.1) is 0 Å². The number of nitrogens with zero attached hydrogens (tertiary/aromatic N) is 3. The topological polar surface area (TPSA) is 49.3 Å². The zero-order valence-electron chi connectivity index (χ0n) is 18.8. The Kier molecular flexibility index (Phi) is 8.16. The number of rotatable bonds is 8. The van der Waals surface area contributed by atoms with Gasteiger partial charge in [0.15, 0.2) is 5.96 Å². The molecule has 2 heterocycles. The molecule has 0 bridgehead atoms. The molecule has 1 N–H and O–H groups in total. The van der Waals surface area contributed by atoms with Crippen LogP contribution in [-0.2, 0) is 16.0 Å². The molecule has 4 rings (SSSR count). The molecule has 0 saturated carbocycles. The summed E-state index contributed by atoms with van der Waals surface area (Å²) in [5.74, 6) is 1.60. The maximum absolute atomic E-state index is 5.80. The van der Waals surface area contributed by atoms with E-state index in [0.717, 1.165) is 84.5 Å². The van der Waals surface area contributed by atoms with E-state index >= 15 is 0 Å². The lowest BCUT2D eigenvalue weighted by Gasteiger charge is -2.36. The number of hydrogen-bond donors (Lipinski definition) is 1. The zero-order chi connectivity index (χ0) is 21.3. The van der Waals surface area contributed by atoms with Gasteiger partial charge in [0, 0.05) is 65.4 Å². The molecule has 0 amide bonds. The third-order valence-corrected chi connectivity index (χ3v) is 6.28. The third kappa shape index (κ3) is 6.19. The van der Waals surface area contributed by atoms with E-state index in [1.165, 1.54) is 16.3 Å². The molecule has 1 atom stereocenters. The number of hydrogen-bond acceptors (Lipinski definition) is 4. The number of aliphatic imine (C=N–C) groups is 1. The number of piperazine rings is 1. The van der Waals surface area contributed by atoms with Crippen molar-refractivity contribution in [2.24, 2.45) is 10.9 Å². The van der Waals surface area contributed by atoms with Gasteiger partial charge in [-0.05, 0) is 29.2 Å². The van der Waals surface area contributed by atoms with Crippen molar-refractivity contribution in [2.75, 3.05) is 66.2 Å². The Balaban J connectivity index is 1.17. The molecule has 0 aliphatic carbocycles. The predicted molar refractivity (Wildman–Crippen MR) is 127 cm³/mol. The second kappa shape index (κ2) is 11.5. The predicted octanol–water partition coefficient (Wildman–Crippen LogP) is 2.98. The van der Waals surface area contributed by atoms with Crippen LogP contribution in [0, 0.1) is 5.92 Å². The van der Waals surface area contributed by atoms with Crippen molar-refractivity contribution >= 4 is 16.7 Å². The van der Waals surface area contributed by atoms with Gasteiger partial charge in [-0.1, -0.05) is 42.5 Å². The molecule has 168 valence electrons. The monoisotopic (exact) mass is 424 g/mol. The Morgan fingerprint density at radius 1 is 1.13 bits per heavy atom. The molecule has 2 aliphatic heterocycles. The van der Waals surface area contributed by atoms with E-state index < -0.39 is 0 Å². The molecule has 2 fully saturated rings. The number of fused-ring (bicyclic) bond motifs is 1. The maximum atomic E-state index is 5.80. The highest BCUT2D eigenvalue weighted by molar-refractivity contribution is 5.85. The summed E-state index contributed by atoms with van der Waals surface area (Å²) in [6.07, 6.45) is 2.13. The summed E-state index contributed by atoms with van der Waals surface area (Å²) in [5.41, 5.74) is 1.42. The lowest BCUT2D eigenvalue weighted by molar-refractivity contribution is 0.0886. The molecule has 0 aromatic heterocycles. The normalized spacial score (nSPS) is 20.5. The summed E-state index contributed by atoms with van der Waals surface area (Å²) in [6, 6.07) is 15.3. The number of guanidine groups is 1. The first-order chi connectivity index (χ1) is 15.3. The van der Waals surface area contributed by atoms with E-state index in [1.54, 1.807) is 0 Å². The van der Waals surface area contributed by atoms with Gasteiger partial charge in [0.2, 0.25) is 0 Å². The van der Waals surface area contributed by atoms with Gasteiger partial charge in [0.1, 0.15) is 0 Å². The molecule has 31 heavy (non-hydrogen) atoms. The van der Waals surface area contributed by atoms with Crippen LogP contribution in [-0.4, -0.2) is 82.0 Å². The van der Waals surface area contributed by atoms with Crippen LogP contribution in [0.15, 0.2) is 47.5 Å². The average molecular weight is 425 g/mol. The number of benzene rings is 2. The van der Waals surface area contributed by atoms with Crippen LogP contribution < -0.4 is 5.32 Å². The quantitative estimate of drug-likeness (QED) is 0.401. The van der Waals surface area contributed by atoms with Crippen molar-refractivity contribution < 1.29 is 9.47 Å². The second-order valence-electron chi connectivity index (χ2n) is 8.53. The van der Waals surface area contributed by atoms with Crippen LogP contribution in [0.2, 0.25) is 0 Å². The first-order valence-electron chi connectivity index (χ1n) is 11.6. The van der Waals surface area contributed by atoms with Crippen LogP contribution in [0.3, 0.4) is 0 Å². The van der Waals surface area contributed by atoms with Crippen molar-refractivity contribution in [3.8, 4) is 0 Å².